The number of nitrogens with zero attached hydrogens (tertiary/aromatic N) is 3. The molecule has 9 nitrogen and oxygen atoms in total. The number of carbonyl (C=O) groups is 1. The van der Waals surface area contributed by atoms with Gasteiger partial charge in [0.15, 0.2) is 0 Å². The third kappa shape index (κ3) is 4.49. The van der Waals surface area contributed by atoms with E-state index in [2.05, 4.69) is 20.5 Å². The summed E-state index contributed by atoms with van der Waals surface area (Å²) in [6, 6.07) is 12.2. The van der Waals surface area contributed by atoms with Crippen LogP contribution in [0.25, 0.3) is 11.3 Å². The van der Waals surface area contributed by atoms with Gasteiger partial charge < -0.3 is 4.98 Å². The lowest BCUT2D eigenvalue weighted by atomic mass is 10.1. The standard InChI is InChI=1S/C18H12FN5O4/c19-13-5-3-12(4-6-13)15-9-16(22-18(26)21-15)17(25)23-20-10-11-1-7-14(8-2-11)24(27)28/h1-10H,(H,23,25)(H,21,22,26)/b20-10+. The highest BCUT2D eigenvalue weighted by Crippen LogP contribution is 2.16. The van der Waals surface area contributed by atoms with E-state index in [0.717, 1.165) is 0 Å². The summed E-state index contributed by atoms with van der Waals surface area (Å²) in [5.74, 6) is -1.13. The Morgan fingerprint density at radius 3 is 2.50 bits per heavy atom. The van der Waals surface area contributed by atoms with Gasteiger partial charge in [-0.15, -0.1) is 0 Å². The van der Waals surface area contributed by atoms with Crippen LogP contribution in [0, 0.1) is 15.9 Å². The molecule has 2 aromatic carbocycles. The van der Waals surface area contributed by atoms with Crippen molar-refractivity contribution in [3.8, 4) is 11.3 Å². The molecule has 1 heterocycles. The first-order valence-corrected chi connectivity index (χ1v) is 7.87. The molecule has 1 amide bonds. The third-order valence-corrected chi connectivity index (χ3v) is 3.61. The lowest BCUT2D eigenvalue weighted by Crippen LogP contribution is -2.24. The molecule has 0 fully saturated rings. The predicted octanol–water partition coefficient (Wildman–Crippen LogP) is 2.25. The van der Waals surface area contributed by atoms with Gasteiger partial charge in [0, 0.05) is 17.7 Å². The number of nitrogens with one attached hydrogen (secondary N) is 2. The Kier molecular flexibility index (Phi) is 5.30. The van der Waals surface area contributed by atoms with Gasteiger partial charge in [-0.05, 0) is 48.0 Å². The molecule has 0 aliphatic heterocycles. The van der Waals surface area contributed by atoms with E-state index in [1.54, 1.807) is 0 Å². The number of non-ortho nitro benzene ring substituents is 1. The van der Waals surface area contributed by atoms with Crippen molar-refractivity contribution >= 4 is 17.8 Å². The van der Waals surface area contributed by atoms with Crippen molar-refractivity contribution < 1.29 is 14.1 Å². The molecular formula is C18H12FN5O4. The van der Waals surface area contributed by atoms with E-state index in [9.17, 15) is 24.1 Å². The summed E-state index contributed by atoms with van der Waals surface area (Å²) in [5.41, 5.74) is 2.54. The summed E-state index contributed by atoms with van der Waals surface area (Å²) >= 11 is 0. The molecule has 0 bridgehead atoms. The maximum absolute atomic E-state index is 13.0. The number of halogens is 1. The van der Waals surface area contributed by atoms with E-state index < -0.39 is 22.3 Å². The van der Waals surface area contributed by atoms with Crippen molar-refractivity contribution in [1.82, 2.24) is 15.4 Å². The normalized spacial score (nSPS) is 10.8. The molecule has 0 aliphatic carbocycles. The molecule has 3 aromatic rings. The minimum Gasteiger partial charge on any atom is -0.301 e. The average Bonchev–Trinajstić information content (AvgIpc) is 2.68. The van der Waals surface area contributed by atoms with Crippen molar-refractivity contribution in [2.45, 2.75) is 0 Å². The topological polar surface area (TPSA) is 130 Å². The van der Waals surface area contributed by atoms with Gasteiger partial charge in [-0.1, -0.05) is 0 Å². The zero-order chi connectivity index (χ0) is 20.1. The highest BCUT2D eigenvalue weighted by molar-refractivity contribution is 5.93. The second kappa shape index (κ2) is 7.99. The Morgan fingerprint density at radius 1 is 1.18 bits per heavy atom. The van der Waals surface area contributed by atoms with Crippen LogP contribution >= 0.6 is 0 Å². The molecule has 1 aromatic heterocycles. The van der Waals surface area contributed by atoms with E-state index in [0.29, 0.717) is 11.1 Å². The minimum atomic E-state index is -0.744. The lowest BCUT2D eigenvalue weighted by Gasteiger charge is -2.04. The van der Waals surface area contributed by atoms with Gasteiger partial charge in [-0.3, -0.25) is 14.9 Å². The van der Waals surface area contributed by atoms with Gasteiger partial charge in [0.05, 0.1) is 16.8 Å². The number of benzene rings is 2. The van der Waals surface area contributed by atoms with Gasteiger partial charge >= 0.3 is 5.69 Å². The number of hydrazone groups is 1. The first-order chi connectivity index (χ1) is 13.4. The fourth-order valence-electron chi connectivity index (χ4n) is 2.26. The summed E-state index contributed by atoms with van der Waals surface area (Å²) in [6.45, 7) is 0. The van der Waals surface area contributed by atoms with Crippen LogP contribution in [0.1, 0.15) is 16.1 Å². The van der Waals surface area contributed by atoms with Gasteiger partial charge in [-0.25, -0.2) is 14.6 Å². The molecule has 3 rings (SSSR count). The largest absolute Gasteiger partial charge is 0.346 e. The van der Waals surface area contributed by atoms with Crippen LogP contribution in [0.5, 0.6) is 0 Å². The van der Waals surface area contributed by atoms with Crippen molar-refractivity contribution in [2.24, 2.45) is 5.10 Å². The zero-order valence-electron chi connectivity index (χ0n) is 14.1. The fourth-order valence-corrected chi connectivity index (χ4v) is 2.26. The SMILES string of the molecule is O=C(N/N=C/c1ccc([N+](=O)[O-])cc1)c1cc(-c2ccc(F)cc2)nc(=O)[nH]1. The summed E-state index contributed by atoms with van der Waals surface area (Å²) in [6.07, 6.45) is 1.29. The van der Waals surface area contributed by atoms with Gasteiger partial charge in [0.25, 0.3) is 11.6 Å². The summed E-state index contributed by atoms with van der Waals surface area (Å²) in [4.78, 5) is 40.1. The molecule has 10 heteroatoms. The van der Waals surface area contributed by atoms with Crippen LogP contribution in [0.3, 0.4) is 0 Å². The Morgan fingerprint density at radius 2 is 1.86 bits per heavy atom. The molecule has 0 aliphatic rings. The highest BCUT2D eigenvalue weighted by atomic mass is 19.1. The molecule has 28 heavy (non-hydrogen) atoms. The molecular weight excluding hydrogens is 369 g/mol. The number of rotatable bonds is 5. The molecule has 0 saturated heterocycles. The second-order valence-electron chi connectivity index (χ2n) is 5.54. The van der Waals surface area contributed by atoms with Crippen molar-refractivity contribution in [1.29, 1.82) is 0 Å². The van der Waals surface area contributed by atoms with Crippen molar-refractivity contribution in [2.75, 3.05) is 0 Å². The number of H-pyrrole nitrogens is 1. The second-order valence-corrected chi connectivity index (χ2v) is 5.54. The highest BCUT2D eigenvalue weighted by Gasteiger charge is 2.10. The van der Waals surface area contributed by atoms with Crippen LogP contribution in [-0.4, -0.2) is 27.0 Å². The van der Waals surface area contributed by atoms with E-state index in [4.69, 9.17) is 0 Å². The van der Waals surface area contributed by atoms with E-state index >= 15 is 0 Å². The Bertz CT molecular complexity index is 1110. The predicted molar refractivity (Wildman–Crippen MR) is 98.4 cm³/mol. The molecule has 0 atom stereocenters. The maximum Gasteiger partial charge on any atom is 0.346 e. The Balaban J connectivity index is 1.74. The van der Waals surface area contributed by atoms with E-state index in [1.165, 1.54) is 60.8 Å². The molecule has 0 spiro atoms. The number of hydrogen-bond acceptors (Lipinski definition) is 6. The molecule has 0 unspecified atom stereocenters. The van der Waals surface area contributed by atoms with Crippen molar-refractivity contribution in [3.05, 3.63) is 92.3 Å². The number of hydrogen-bond donors (Lipinski definition) is 2. The maximum atomic E-state index is 13.0. The summed E-state index contributed by atoms with van der Waals surface area (Å²) in [5, 5.41) is 14.4. The van der Waals surface area contributed by atoms with Crippen LogP contribution in [-0.2, 0) is 0 Å². The molecule has 2 N–H and O–H groups in total. The molecule has 0 saturated carbocycles. The van der Waals surface area contributed by atoms with Crippen molar-refractivity contribution in [3.63, 3.8) is 0 Å². The van der Waals surface area contributed by atoms with Gasteiger partial charge in [-0.2, -0.15) is 10.1 Å². The van der Waals surface area contributed by atoms with Crippen LogP contribution in [0.2, 0.25) is 0 Å². The number of carbonyl (C=O) groups excluding carboxylic acids is 1. The monoisotopic (exact) mass is 381 g/mol. The first-order valence-electron chi connectivity index (χ1n) is 7.87. The minimum absolute atomic E-state index is 0.0659. The van der Waals surface area contributed by atoms with Gasteiger partial charge in [0.1, 0.15) is 11.5 Å². The zero-order valence-corrected chi connectivity index (χ0v) is 14.1. The average molecular weight is 381 g/mol. The van der Waals surface area contributed by atoms with Crippen LogP contribution in [0.15, 0.2) is 64.5 Å². The van der Waals surface area contributed by atoms with Crippen LogP contribution in [0.4, 0.5) is 10.1 Å². The number of aromatic nitrogens is 2. The molecule has 0 radical (unpaired) electrons. The number of amides is 1. The van der Waals surface area contributed by atoms with Gasteiger partial charge in [0.2, 0.25) is 0 Å². The smallest absolute Gasteiger partial charge is 0.301 e. The van der Waals surface area contributed by atoms with E-state index in [1.807, 2.05) is 0 Å². The van der Waals surface area contributed by atoms with Crippen LogP contribution < -0.4 is 11.1 Å². The first kappa shape index (κ1) is 18.6. The number of nitro groups is 1. The quantitative estimate of drug-likeness (QED) is 0.398. The molecule has 140 valence electrons. The Hall–Kier alpha value is -4.21. The Labute approximate surface area is 156 Å². The lowest BCUT2D eigenvalue weighted by molar-refractivity contribution is -0.384. The fraction of sp³-hybridized carbons (Fsp3) is 0. The van der Waals surface area contributed by atoms with E-state index in [-0.39, 0.29) is 17.1 Å². The number of aromatic amines is 1. The summed E-state index contributed by atoms with van der Waals surface area (Å²) < 4.78 is 13.0. The number of nitro benzene ring substituents is 1. The summed E-state index contributed by atoms with van der Waals surface area (Å²) in [7, 11) is 0. The third-order valence-electron chi connectivity index (χ3n) is 3.61.